The van der Waals surface area contributed by atoms with Gasteiger partial charge in [0.1, 0.15) is 6.04 Å². The second kappa shape index (κ2) is 4.66. The zero-order valence-electron chi connectivity index (χ0n) is 8.42. The Hall–Kier alpha value is -2.03. The van der Waals surface area contributed by atoms with Gasteiger partial charge in [-0.25, -0.2) is 4.79 Å². The topological polar surface area (TPSA) is 94.9 Å². The minimum Gasteiger partial charge on any atom is -0.481 e. The molecule has 0 aromatic heterocycles. The zero-order valence-corrected chi connectivity index (χ0v) is 8.42. The van der Waals surface area contributed by atoms with Crippen molar-refractivity contribution in [2.75, 3.05) is 6.54 Å². The van der Waals surface area contributed by atoms with E-state index in [1.54, 1.807) is 0 Å². The van der Waals surface area contributed by atoms with Crippen molar-refractivity contribution in [2.24, 2.45) is 5.92 Å². The lowest BCUT2D eigenvalue weighted by Crippen LogP contribution is -2.42. The van der Waals surface area contributed by atoms with Crippen molar-refractivity contribution in [1.82, 2.24) is 4.90 Å². The van der Waals surface area contributed by atoms with Crippen molar-refractivity contribution in [3.63, 3.8) is 0 Å². The quantitative estimate of drug-likeness (QED) is 0.623. The van der Waals surface area contributed by atoms with Gasteiger partial charge >= 0.3 is 11.9 Å². The fraction of sp³-hybridized carbons (Fsp3) is 0.500. The molecule has 2 unspecified atom stereocenters. The van der Waals surface area contributed by atoms with Crippen LogP contribution in [0.5, 0.6) is 0 Å². The number of aliphatic carboxylic acids is 2. The van der Waals surface area contributed by atoms with Crippen LogP contribution in [0, 0.1) is 18.3 Å². The predicted octanol–water partition coefficient (Wildman–Crippen LogP) is -0.604. The molecule has 86 valence electrons. The summed E-state index contributed by atoms with van der Waals surface area (Å²) in [5, 5.41) is 17.6. The first kappa shape index (κ1) is 12.0. The smallest absolute Gasteiger partial charge is 0.327 e. The van der Waals surface area contributed by atoms with Gasteiger partial charge in [0, 0.05) is 19.4 Å². The molecular weight excluding hydrogens is 214 g/mol. The molecule has 1 aliphatic rings. The van der Waals surface area contributed by atoms with Crippen LogP contribution in [0.1, 0.15) is 12.8 Å². The number of carboxylic acids is 2. The van der Waals surface area contributed by atoms with Gasteiger partial charge in [-0.2, -0.15) is 0 Å². The molecule has 0 spiro atoms. The van der Waals surface area contributed by atoms with Gasteiger partial charge in [0.15, 0.2) is 0 Å². The van der Waals surface area contributed by atoms with Gasteiger partial charge in [0.2, 0.25) is 5.91 Å². The lowest BCUT2D eigenvalue weighted by Gasteiger charge is -2.22. The summed E-state index contributed by atoms with van der Waals surface area (Å²) in [7, 11) is 0. The molecule has 6 heteroatoms. The van der Waals surface area contributed by atoms with Crippen molar-refractivity contribution >= 4 is 17.8 Å². The fourth-order valence-electron chi connectivity index (χ4n) is 1.64. The Morgan fingerprint density at radius 1 is 1.56 bits per heavy atom. The van der Waals surface area contributed by atoms with E-state index in [0.29, 0.717) is 0 Å². The van der Waals surface area contributed by atoms with Crippen LogP contribution in [-0.4, -0.2) is 45.5 Å². The first-order valence-electron chi connectivity index (χ1n) is 4.66. The number of hydrogen-bond acceptors (Lipinski definition) is 3. The number of terminal acetylenes is 1. The Morgan fingerprint density at radius 2 is 2.19 bits per heavy atom. The first-order chi connectivity index (χ1) is 7.47. The summed E-state index contributed by atoms with van der Waals surface area (Å²) in [6.45, 7) is -0.0905. The Morgan fingerprint density at radius 3 is 2.56 bits per heavy atom. The van der Waals surface area contributed by atoms with Crippen molar-refractivity contribution < 1.29 is 24.6 Å². The molecule has 6 nitrogen and oxygen atoms in total. The van der Waals surface area contributed by atoms with Gasteiger partial charge in [-0.1, -0.05) is 0 Å². The number of amides is 1. The van der Waals surface area contributed by atoms with E-state index in [0.717, 1.165) is 4.90 Å². The van der Waals surface area contributed by atoms with E-state index in [1.165, 1.54) is 0 Å². The van der Waals surface area contributed by atoms with E-state index in [1.807, 2.05) is 0 Å². The maximum absolute atomic E-state index is 11.4. The van der Waals surface area contributed by atoms with Gasteiger partial charge in [0.25, 0.3) is 0 Å². The summed E-state index contributed by atoms with van der Waals surface area (Å²) in [5.74, 6) is -1.46. The van der Waals surface area contributed by atoms with Crippen LogP contribution in [0.25, 0.3) is 0 Å². The van der Waals surface area contributed by atoms with E-state index >= 15 is 0 Å². The van der Waals surface area contributed by atoms with Gasteiger partial charge in [-0.05, 0) is 0 Å². The highest BCUT2D eigenvalue weighted by atomic mass is 16.4. The number of likely N-dealkylation sites (tertiary alicyclic amines) is 1. The Bertz CT molecular complexity index is 370. The van der Waals surface area contributed by atoms with Crippen molar-refractivity contribution in [2.45, 2.75) is 18.9 Å². The SMILES string of the molecule is C#CCC(C(=O)O)N1CC(C(=O)O)CC1=O. The second-order valence-corrected chi connectivity index (χ2v) is 3.55. The molecule has 1 saturated heterocycles. The van der Waals surface area contributed by atoms with Crippen LogP contribution in [0.3, 0.4) is 0 Å². The molecule has 2 atom stereocenters. The molecular formula is C10H11NO5. The summed E-state index contributed by atoms with van der Waals surface area (Å²) >= 11 is 0. The van der Waals surface area contributed by atoms with Gasteiger partial charge in [-0.3, -0.25) is 9.59 Å². The van der Waals surface area contributed by atoms with E-state index < -0.39 is 29.8 Å². The molecule has 0 aromatic rings. The minimum absolute atomic E-state index is 0.0905. The monoisotopic (exact) mass is 225 g/mol. The lowest BCUT2D eigenvalue weighted by atomic mass is 10.1. The van der Waals surface area contributed by atoms with E-state index in [4.69, 9.17) is 16.6 Å². The van der Waals surface area contributed by atoms with Crippen LogP contribution >= 0.6 is 0 Å². The highest BCUT2D eigenvalue weighted by molar-refractivity contribution is 5.89. The van der Waals surface area contributed by atoms with Crippen LogP contribution in [0.2, 0.25) is 0 Å². The third kappa shape index (κ3) is 2.31. The molecule has 0 aliphatic carbocycles. The van der Waals surface area contributed by atoms with Crippen LogP contribution in [0.4, 0.5) is 0 Å². The maximum Gasteiger partial charge on any atom is 0.327 e. The molecule has 1 aliphatic heterocycles. The number of carboxylic acid groups (broad SMARTS) is 2. The van der Waals surface area contributed by atoms with E-state index in [-0.39, 0.29) is 19.4 Å². The molecule has 1 fully saturated rings. The Kier molecular flexibility index (Phi) is 3.51. The molecule has 0 radical (unpaired) electrons. The molecule has 1 heterocycles. The average Bonchev–Trinajstić information content (AvgIpc) is 2.56. The molecule has 0 aromatic carbocycles. The minimum atomic E-state index is -1.21. The molecule has 0 bridgehead atoms. The standard InChI is InChI=1S/C10H11NO5/c1-2-3-7(10(15)16)11-5-6(9(13)14)4-8(11)12/h1,6-7H,3-5H2,(H,13,14)(H,15,16). The largest absolute Gasteiger partial charge is 0.481 e. The van der Waals surface area contributed by atoms with E-state index in [9.17, 15) is 14.4 Å². The zero-order chi connectivity index (χ0) is 12.3. The Labute approximate surface area is 91.8 Å². The van der Waals surface area contributed by atoms with Crippen molar-refractivity contribution in [3.8, 4) is 12.3 Å². The summed E-state index contributed by atoms with van der Waals surface area (Å²) < 4.78 is 0. The van der Waals surface area contributed by atoms with Crippen LogP contribution in [-0.2, 0) is 14.4 Å². The second-order valence-electron chi connectivity index (χ2n) is 3.55. The molecule has 2 N–H and O–H groups in total. The Balaban J connectivity index is 2.80. The van der Waals surface area contributed by atoms with E-state index in [2.05, 4.69) is 5.92 Å². The predicted molar refractivity (Wildman–Crippen MR) is 52.3 cm³/mol. The van der Waals surface area contributed by atoms with Crippen LogP contribution in [0.15, 0.2) is 0 Å². The maximum atomic E-state index is 11.4. The highest BCUT2D eigenvalue weighted by Crippen LogP contribution is 2.21. The summed E-state index contributed by atoms with van der Waals surface area (Å²) in [6.07, 6.45) is 4.73. The third-order valence-electron chi connectivity index (χ3n) is 2.48. The van der Waals surface area contributed by atoms with Crippen LogP contribution < -0.4 is 0 Å². The molecule has 1 rings (SSSR count). The number of nitrogens with zero attached hydrogens (tertiary/aromatic N) is 1. The van der Waals surface area contributed by atoms with Gasteiger partial charge < -0.3 is 15.1 Å². The fourth-order valence-corrected chi connectivity index (χ4v) is 1.64. The molecule has 16 heavy (non-hydrogen) atoms. The highest BCUT2D eigenvalue weighted by Gasteiger charge is 2.40. The van der Waals surface area contributed by atoms with Gasteiger partial charge in [-0.15, -0.1) is 12.3 Å². The number of rotatable bonds is 4. The average molecular weight is 225 g/mol. The number of hydrogen-bond donors (Lipinski definition) is 2. The number of carbonyl (C=O) groups excluding carboxylic acids is 1. The summed E-state index contributed by atoms with van der Waals surface area (Å²) in [4.78, 5) is 34.0. The third-order valence-corrected chi connectivity index (χ3v) is 2.48. The summed E-state index contributed by atoms with van der Waals surface area (Å²) in [5.41, 5.74) is 0. The van der Waals surface area contributed by atoms with Gasteiger partial charge in [0.05, 0.1) is 5.92 Å². The molecule has 0 saturated carbocycles. The number of carbonyl (C=O) groups is 3. The summed E-state index contributed by atoms with van der Waals surface area (Å²) in [6, 6.07) is -1.12. The first-order valence-corrected chi connectivity index (χ1v) is 4.66. The normalized spacial score (nSPS) is 21.6. The van der Waals surface area contributed by atoms with Crippen molar-refractivity contribution in [1.29, 1.82) is 0 Å². The molecule has 1 amide bonds. The van der Waals surface area contributed by atoms with Crippen molar-refractivity contribution in [3.05, 3.63) is 0 Å². The lowest BCUT2D eigenvalue weighted by molar-refractivity contribution is -0.148.